The second kappa shape index (κ2) is 20.1. The zero-order valence-electron chi connectivity index (χ0n) is 35.8. The summed E-state index contributed by atoms with van der Waals surface area (Å²) in [6.07, 6.45) is 1.15. The summed E-state index contributed by atoms with van der Waals surface area (Å²) in [5, 5.41) is 23.6. The first-order chi connectivity index (χ1) is 28.0. The molecule has 3 aliphatic rings. The number of allylic oxidation sites excluding steroid dienone is 3. The van der Waals surface area contributed by atoms with Crippen LogP contribution >= 0.6 is 33.2 Å². The molecule has 4 bridgehead atoms. The molecule has 0 aliphatic carbocycles. The Morgan fingerprint density at radius 1 is 1.23 bits per heavy atom. The Kier molecular flexibility index (Phi) is 16.5. The van der Waals surface area contributed by atoms with Crippen molar-refractivity contribution in [1.82, 2.24) is 10.2 Å². The average molecular weight is 900 g/mol. The number of carbonyl (C=O) groups is 5. The van der Waals surface area contributed by atoms with Gasteiger partial charge in [0.2, 0.25) is 11.8 Å². The van der Waals surface area contributed by atoms with Crippen molar-refractivity contribution in [3.63, 3.8) is 0 Å². The minimum atomic E-state index is -1.86. The van der Waals surface area contributed by atoms with Crippen LogP contribution < -0.4 is 20.7 Å². The van der Waals surface area contributed by atoms with E-state index >= 15 is 0 Å². The number of epoxide rings is 1. The molecule has 9 atom stereocenters. The molecule has 3 aliphatic heterocycles. The number of methoxy groups -OCH3 is 2. The van der Waals surface area contributed by atoms with Crippen molar-refractivity contribution >= 4 is 68.7 Å². The zero-order valence-corrected chi connectivity index (χ0v) is 38.2. The number of aliphatic carboxylic acids is 1. The number of halogens is 1. The molecule has 4 rings (SSSR count). The number of nitrogens with two attached hydrogens (primary N) is 1. The second-order valence-electron chi connectivity index (χ2n) is 16.5. The lowest BCUT2D eigenvalue weighted by Gasteiger charge is -2.42. The van der Waals surface area contributed by atoms with E-state index in [0.29, 0.717) is 24.3 Å². The number of likely N-dealkylation sites (N-methyl/N-ethyl adjacent to an activating group) is 1. The predicted octanol–water partition coefficient (Wildman–Crippen LogP) is 4.87. The molecule has 5 N–H and O–H groups in total. The summed E-state index contributed by atoms with van der Waals surface area (Å²) < 4.78 is 28.9. The zero-order chi connectivity index (χ0) is 44.9. The van der Waals surface area contributed by atoms with Crippen molar-refractivity contribution < 1.29 is 57.9 Å². The van der Waals surface area contributed by atoms with Gasteiger partial charge in [0.25, 0.3) is 0 Å². The lowest BCUT2D eigenvalue weighted by atomic mass is 9.83. The molecule has 3 amide bonds. The van der Waals surface area contributed by atoms with Crippen LogP contribution in [0.15, 0.2) is 35.9 Å². The van der Waals surface area contributed by atoms with Crippen molar-refractivity contribution in [1.29, 1.82) is 0 Å². The molecule has 0 radical (unpaired) electrons. The number of benzene rings is 1. The number of fused-ring (bicyclic) bond motifs is 5. The van der Waals surface area contributed by atoms with Gasteiger partial charge >= 0.3 is 18.0 Å². The Hall–Kier alpha value is -3.52. The van der Waals surface area contributed by atoms with Crippen molar-refractivity contribution in [3.8, 4) is 5.75 Å². The van der Waals surface area contributed by atoms with Crippen molar-refractivity contribution in [3.05, 3.63) is 46.5 Å². The standard InChI is InChI=1S/C41H59ClN4O12S2/c1-22-12-11-13-30(55-10)41(53)20-29(56-38(52)44-41)23(2)35-40(6,58-35)31(19-33(48)46(8)27-17-25(16-22)18-28(54-9)34(27)42)57-37(51)24(3)45(7)32(47)14-15-39(4,5)60-59-21-26(43)36(49)50/h11-13,17-18,23-24,26,29-31,35,53H,14-16,19-21,43H2,1-10H3,(H,44,52)(H,49,50)/b13-11+,22-12+/t23?,24-,26?,29?,30?,31?,35?,40?,41?/m0/s1. The van der Waals surface area contributed by atoms with Gasteiger partial charge in [0, 0.05) is 50.5 Å². The number of esters is 1. The number of hydrogen-bond donors (Lipinski definition) is 4. The highest BCUT2D eigenvalue weighted by molar-refractivity contribution is 8.77. The van der Waals surface area contributed by atoms with Crippen LogP contribution in [0.1, 0.15) is 72.8 Å². The number of rotatable bonds is 13. The number of carboxylic acid groups (broad SMARTS) is 1. The number of nitrogens with zero attached hydrogens (tertiary/aromatic N) is 2. The maximum Gasteiger partial charge on any atom is 0.409 e. The number of carbonyl (C=O) groups excluding carboxylic acids is 4. The van der Waals surface area contributed by atoms with Gasteiger partial charge in [-0.25, -0.2) is 9.59 Å². The van der Waals surface area contributed by atoms with Crippen LogP contribution in [0.5, 0.6) is 5.75 Å². The number of aliphatic hydroxyl groups is 1. The third kappa shape index (κ3) is 11.9. The van der Waals surface area contributed by atoms with Crippen LogP contribution in [0, 0.1) is 5.92 Å². The van der Waals surface area contributed by atoms with Crippen LogP contribution in [-0.2, 0) is 44.5 Å². The summed E-state index contributed by atoms with van der Waals surface area (Å²) in [4.78, 5) is 68.3. The summed E-state index contributed by atoms with van der Waals surface area (Å²) in [5.41, 5.74) is 4.56. The summed E-state index contributed by atoms with van der Waals surface area (Å²) in [5.74, 6) is -2.67. The molecule has 0 aromatic heterocycles. The quantitative estimate of drug-likeness (QED) is 0.118. The molecule has 0 spiro atoms. The van der Waals surface area contributed by atoms with Crippen LogP contribution in [0.25, 0.3) is 0 Å². The number of anilines is 1. The van der Waals surface area contributed by atoms with Gasteiger partial charge < -0.3 is 49.4 Å². The van der Waals surface area contributed by atoms with E-state index in [4.69, 9.17) is 46.1 Å². The number of alkyl carbamates (subject to hydrolysis) is 1. The molecule has 8 unspecified atom stereocenters. The third-order valence-corrected chi connectivity index (χ3v) is 15.1. The molecule has 16 nitrogen and oxygen atoms in total. The fourth-order valence-corrected chi connectivity index (χ4v) is 10.2. The molecular weight excluding hydrogens is 840 g/mol. The summed E-state index contributed by atoms with van der Waals surface area (Å²) in [7, 11) is 8.70. The summed E-state index contributed by atoms with van der Waals surface area (Å²) in [6, 6.07) is 1.49. The topological polar surface area (TPSA) is 220 Å². The van der Waals surface area contributed by atoms with E-state index in [9.17, 15) is 29.1 Å². The van der Waals surface area contributed by atoms with Gasteiger partial charge in [-0.05, 0) is 65.2 Å². The predicted molar refractivity (Wildman–Crippen MR) is 230 cm³/mol. The molecule has 334 valence electrons. The van der Waals surface area contributed by atoms with Gasteiger partial charge in [-0.3, -0.25) is 19.7 Å². The lowest BCUT2D eigenvalue weighted by Crippen LogP contribution is -2.63. The first-order valence-electron chi connectivity index (χ1n) is 19.6. The Morgan fingerprint density at radius 2 is 1.92 bits per heavy atom. The fraction of sp³-hybridized carbons (Fsp3) is 0.634. The third-order valence-electron chi connectivity index (χ3n) is 11.3. The van der Waals surface area contributed by atoms with Crippen molar-refractivity contribution in [2.24, 2.45) is 11.7 Å². The largest absolute Gasteiger partial charge is 0.495 e. The monoisotopic (exact) mass is 898 g/mol. The first-order valence-corrected chi connectivity index (χ1v) is 22.3. The molecule has 2 saturated heterocycles. The SMILES string of the molecule is COc1cc2cc(c1Cl)N(C)C(=O)CC(OC(=O)[C@H](C)N(C)C(=O)CCC(C)(C)SSCC(N)C(=O)O)C1(C)OC1C(C)C1CC(O)(NC(=O)O1)C(OC)/C=C/C=C(\C)C2. The van der Waals surface area contributed by atoms with Crippen molar-refractivity contribution in [2.75, 3.05) is 39.0 Å². The maximum absolute atomic E-state index is 14.2. The van der Waals surface area contributed by atoms with Crippen molar-refractivity contribution in [2.45, 2.75) is 126 Å². The van der Waals surface area contributed by atoms with Gasteiger partial charge in [-0.15, -0.1) is 0 Å². The Morgan fingerprint density at radius 3 is 2.55 bits per heavy atom. The van der Waals surface area contributed by atoms with E-state index in [0.717, 1.165) is 11.1 Å². The highest BCUT2D eigenvalue weighted by Gasteiger charge is 2.64. The van der Waals surface area contributed by atoms with E-state index in [1.165, 1.54) is 59.6 Å². The molecule has 1 aromatic rings. The Bertz CT molecular complexity index is 1850. The van der Waals surface area contributed by atoms with Crippen LogP contribution in [0.2, 0.25) is 5.02 Å². The van der Waals surface area contributed by atoms with E-state index in [2.05, 4.69) is 5.32 Å². The van der Waals surface area contributed by atoms with Gasteiger partial charge in [0.1, 0.15) is 46.8 Å². The van der Waals surface area contributed by atoms with Gasteiger partial charge in [-0.2, -0.15) is 0 Å². The maximum atomic E-state index is 14.2. The van der Waals surface area contributed by atoms with Gasteiger partial charge in [0.05, 0.1) is 25.3 Å². The van der Waals surface area contributed by atoms with E-state index in [-0.39, 0.29) is 35.9 Å². The van der Waals surface area contributed by atoms with Crippen LogP contribution in [0.4, 0.5) is 10.5 Å². The summed E-state index contributed by atoms with van der Waals surface area (Å²) >= 11 is 6.78. The summed E-state index contributed by atoms with van der Waals surface area (Å²) in [6.45, 7) is 10.8. The number of hydrogen-bond acceptors (Lipinski definition) is 14. The molecule has 3 heterocycles. The average Bonchev–Trinajstić information content (AvgIpc) is 3.88. The molecule has 1 aromatic carbocycles. The first kappa shape index (κ1) is 49.1. The Balaban J connectivity index is 1.63. The number of nitrogens with one attached hydrogen (secondary N) is 1. The lowest BCUT2D eigenvalue weighted by molar-refractivity contribution is -0.162. The molecule has 19 heteroatoms. The molecule has 60 heavy (non-hydrogen) atoms. The fourth-order valence-electron chi connectivity index (χ4n) is 7.18. The minimum Gasteiger partial charge on any atom is -0.495 e. The number of carboxylic acids is 1. The molecular formula is C41H59ClN4O12S2. The van der Waals surface area contributed by atoms with Gasteiger partial charge in [-0.1, -0.05) is 63.9 Å². The molecule has 0 saturated carbocycles. The normalized spacial score (nSPS) is 29.7. The Labute approximate surface area is 364 Å². The smallest absolute Gasteiger partial charge is 0.409 e. The number of amides is 3. The van der Waals surface area contributed by atoms with Gasteiger partial charge in [0.15, 0.2) is 5.72 Å². The van der Waals surface area contributed by atoms with E-state index in [1.54, 1.807) is 45.2 Å². The highest BCUT2D eigenvalue weighted by atomic mass is 35.5. The van der Waals surface area contributed by atoms with Crippen LogP contribution in [0.3, 0.4) is 0 Å². The second-order valence-corrected chi connectivity index (χ2v) is 19.9. The number of ether oxygens (including phenoxy) is 5. The van der Waals surface area contributed by atoms with E-state index < -0.39 is 82.4 Å². The van der Waals surface area contributed by atoms with Crippen LogP contribution in [-0.4, -0.2) is 132 Å². The van der Waals surface area contributed by atoms with E-state index in [1.807, 2.05) is 26.8 Å². The highest BCUT2D eigenvalue weighted by Crippen LogP contribution is 2.49. The molecule has 2 fully saturated rings. The minimum absolute atomic E-state index is 0.0779.